The molecule has 136 heavy (non-hydrogen) atoms. The highest BCUT2D eigenvalue weighted by Gasteiger charge is 2.32. The van der Waals surface area contributed by atoms with Gasteiger partial charge in [0.15, 0.2) is 23.3 Å². The van der Waals surface area contributed by atoms with Gasteiger partial charge in [-0.1, -0.05) is 466 Å². The van der Waals surface area contributed by atoms with Crippen LogP contribution < -0.4 is 0 Å². The third kappa shape index (κ3) is 43.8. The smallest absolute Gasteiger partial charge is 0.166 e. The molecule has 5 heterocycles. The van der Waals surface area contributed by atoms with Gasteiger partial charge in [-0.25, -0.2) is 29.9 Å². The molecule has 2 N–H and O–H groups in total. The highest BCUT2D eigenvalue weighted by atomic mass is 32.2. The summed E-state index contributed by atoms with van der Waals surface area (Å²) in [6, 6.07) is 19.8. The van der Waals surface area contributed by atoms with Gasteiger partial charge in [0.05, 0.1) is 0 Å². The summed E-state index contributed by atoms with van der Waals surface area (Å²) in [5, 5.41) is 4.74. The number of benzene rings is 4. The minimum Gasteiger partial charge on any atom is -0.324 e. The molecular weight excluding hydrogens is 1810 g/mol. The van der Waals surface area contributed by atoms with E-state index in [4.69, 9.17) is 29.9 Å². The standard InChI is InChI=1S/C120H194N8S8/c1-9-17-25-33-41-49-57-65-73-89-129-97-81-82-98(130-90-74-66-58-50-42-34-26-18-10-2)106-105(97)113-121-114(106)126-116-109-101(133-93-77-69-61-53-45-37-29-21-13-5)85-86-102(134-94-78-70-62-54-46-38-30-22-14-6)110(109)118(123-116)128-120-112-104(136-96-80-72-64-56-48-40-32-24-16-8)88-87-103(135-95-79-71-63-55-47-39-31-23-15-7)111(112)119(124-120)127-117-108-100(132-92-76-68-60-52-44-36-28-20-12-4)84-83-99(107(108)115(122-117)125-113)131-91-75-67-59-51-43-35-27-19-11-3/h81-88H,9-80,89-96H2,1-8H3,(H2,121,122,123,124,125,126,127,128). The van der Waals surface area contributed by atoms with Crippen LogP contribution in [0.2, 0.25) is 0 Å². The van der Waals surface area contributed by atoms with Crippen LogP contribution in [0.4, 0.5) is 0 Å². The van der Waals surface area contributed by atoms with E-state index in [0.29, 0.717) is 0 Å². The van der Waals surface area contributed by atoms with Gasteiger partial charge in [0.25, 0.3) is 0 Å². The topological polar surface area (TPSA) is 109 Å². The van der Waals surface area contributed by atoms with E-state index in [1.807, 2.05) is 70.6 Å². The minimum atomic E-state index is 0.740. The van der Waals surface area contributed by atoms with Crippen molar-refractivity contribution in [1.82, 2.24) is 39.9 Å². The van der Waals surface area contributed by atoms with Crippen LogP contribution in [0.15, 0.2) is 87.7 Å². The van der Waals surface area contributed by atoms with Gasteiger partial charge < -0.3 is 9.97 Å². The molecule has 762 valence electrons. The summed E-state index contributed by atoms with van der Waals surface area (Å²) in [4.78, 5) is 55.9. The largest absolute Gasteiger partial charge is 0.324 e. The van der Waals surface area contributed by atoms with Crippen LogP contribution in [0.3, 0.4) is 0 Å². The zero-order chi connectivity index (χ0) is 95.4. The Labute approximate surface area is 867 Å². The molecule has 0 atom stereocenters. The van der Waals surface area contributed by atoms with E-state index in [-0.39, 0.29) is 0 Å². The second kappa shape index (κ2) is 75.7. The second-order valence-corrected chi connectivity index (χ2v) is 49.4. The molecule has 2 aliphatic heterocycles. The maximum absolute atomic E-state index is 6.31. The number of aromatic nitrogens is 8. The van der Waals surface area contributed by atoms with E-state index in [1.54, 1.807) is 0 Å². The van der Waals surface area contributed by atoms with Crippen LogP contribution in [0.5, 0.6) is 0 Å². The summed E-state index contributed by atoms with van der Waals surface area (Å²) in [7, 11) is 0. The molecule has 4 aromatic carbocycles. The zero-order valence-corrected chi connectivity index (χ0v) is 94.7. The monoisotopic (exact) mass is 2000 g/mol. The van der Waals surface area contributed by atoms with E-state index in [2.05, 4.69) is 137 Å². The molecule has 0 saturated carbocycles. The van der Waals surface area contributed by atoms with Gasteiger partial charge in [0.2, 0.25) is 0 Å². The highest BCUT2D eigenvalue weighted by molar-refractivity contribution is 8.01. The predicted octanol–water partition coefficient (Wildman–Crippen LogP) is 43.9. The SMILES string of the molecule is CCCCCCCCCCCSc1ccc(SCCCCCCCCCCC)c2c1-c1nc3nc(nc4[nH]c(nc5[nH]c(nc-2n1)c1c(SCCCCCCCCCCC)ccc(SCCCCCCCCCCC)c51)c1c(SCCCCCCCCCCC)ccc(SCCCCCCCCCCC)c41)-c1c(SCCCCCCCCCCC)ccc(SCCCCCCCCCCC)c1-3. The number of unbranched alkanes of at least 4 members (excludes halogenated alkanes) is 64. The Balaban J connectivity index is 1.33. The molecule has 0 fully saturated rings. The van der Waals surface area contributed by atoms with Gasteiger partial charge in [-0.05, 0) is 146 Å². The van der Waals surface area contributed by atoms with Crippen molar-refractivity contribution in [3.63, 3.8) is 0 Å². The Morgan fingerprint density at radius 1 is 0.147 bits per heavy atom. The molecule has 8 bridgehead atoms. The molecule has 0 spiro atoms. The number of hydrogen-bond acceptors (Lipinski definition) is 14. The molecular formula is C120H194N8S8. The average Bonchev–Trinajstić information content (AvgIpc) is 1.57. The summed E-state index contributed by atoms with van der Waals surface area (Å²) in [6.07, 6.45) is 94.7. The van der Waals surface area contributed by atoms with Gasteiger partial charge in [-0.15, -0.1) is 94.1 Å². The molecule has 2 aliphatic rings. The first kappa shape index (κ1) is 117. The molecule has 8 nitrogen and oxygen atoms in total. The number of thioether (sulfide) groups is 8. The van der Waals surface area contributed by atoms with E-state index in [0.717, 1.165) is 114 Å². The third-order valence-electron chi connectivity index (χ3n) is 28.2. The molecule has 0 aliphatic carbocycles. The Morgan fingerprint density at radius 3 is 0.434 bits per heavy atom. The van der Waals surface area contributed by atoms with Crippen LogP contribution in [0.25, 0.3) is 89.7 Å². The molecule has 3 aromatic heterocycles. The third-order valence-corrected chi connectivity index (χ3v) is 37.3. The van der Waals surface area contributed by atoms with Gasteiger partial charge in [-0.2, -0.15) is 0 Å². The van der Waals surface area contributed by atoms with Crippen molar-refractivity contribution in [2.24, 2.45) is 0 Å². The molecule has 0 saturated heterocycles. The van der Waals surface area contributed by atoms with Gasteiger partial charge >= 0.3 is 0 Å². The summed E-state index contributed by atoms with van der Waals surface area (Å²) in [6.45, 7) is 18.7. The summed E-state index contributed by atoms with van der Waals surface area (Å²) in [5.41, 5.74) is 8.01. The normalized spacial score (nSPS) is 12.1. The van der Waals surface area contributed by atoms with Crippen molar-refractivity contribution >= 4 is 138 Å². The lowest BCUT2D eigenvalue weighted by molar-refractivity contribution is 0.573. The van der Waals surface area contributed by atoms with Crippen LogP contribution in [-0.4, -0.2) is 85.9 Å². The van der Waals surface area contributed by atoms with Crippen LogP contribution >= 0.6 is 94.1 Å². The fraction of sp³-hybridized carbons (Fsp3) is 0.733. The molecule has 0 radical (unpaired) electrons. The lowest BCUT2D eigenvalue weighted by Crippen LogP contribution is -1.93. The van der Waals surface area contributed by atoms with Gasteiger partial charge in [0.1, 0.15) is 22.6 Å². The Kier molecular flexibility index (Phi) is 64.9. The van der Waals surface area contributed by atoms with Crippen molar-refractivity contribution in [3.8, 4) is 45.6 Å². The number of rotatable bonds is 88. The van der Waals surface area contributed by atoms with E-state index < -0.39 is 0 Å². The Bertz CT molecular complexity index is 4180. The lowest BCUT2D eigenvalue weighted by Gasteiger charge is -2.14. The molecule has 9 rings (SSSR count). The fourth-order valence-electron chi connectivity index (χ4n) is 19.8. The molecule has 16 heteroatoms. The predicted molar refractivity (Wildman–Crippen MR) is 620 cm³/mol. The van der Waals surface area contributed by atoms with Crippen LogP contribution in [0.1, 0.15) is 518 Å². The first-order valence-electron chi connectivity index (χ1n) is 57.9. The van der Waals surface area contributed by atoms with Crippen molar-refractivity contribution in [2.45, 2.75) is 557 Å². The number of aromatic amines is 2. The second-order valence-electron chi connectivity index (χ2n) is 40.3. The van der Waals surface area contributed by atoms with Gasteiger partial charge in [-0.3, -0.25) is 0 Å². The van der Waals surface area contributed by atoms with E-state index >= 15 is 0 Å². The van der Waals surface area contributed by atoms with Crippen molar-refractivity contribution in [2.75, 3.05) is 46.0 Å². The zero-order valence-electron chi connectivity index (χ0n) is 88.1. The summed E-state index contributed by atoms with van der Waals surface area (Å²) >= 11 is 16.3. The molecule has 0 amide bonds. The molecule has 0 unspecified atom stereocenters. The summed E-state index contributed by atoms with van der Waals surface area (Å²) < 4.78 is 0. The van der Waals surface area contributed by atoms with Crippen LogP contribution in [0, 0.1) is 0 Å². The maximum atomic E-state index is 6.31. The number of nitrogens with one attached hydrogen (secondary N) is 2. The number of hydrogen-bond donors (Lipinski definition) is 2. The Hall–Kier alpha value is -2.96. The van der Waals surface area contributed by atoms with E-state index in [9.17, 15) is 0 Å². The summed E-state index contributed by atoms with van der Waals surface area (Å²) in [5.74, 6) is 11.4. The lowest BCUT2D eigenvalue weighted by atomic mass is 10.1. The number of fused-ring (bicyclic) bond motifs is 20. The molecule has 7 aromatic rings. The first-order chi connectivity index (χ1) is 67.4. The maximum Gasteiger partial charge on any atom is 0.166 e. The number of H-pyrrole nitrogens is 2. The van der Waals surface area contributed by atoms with Crippen LogP contribution in [-0.2, 0) is 0 Å². The highest BCUT2D eigenvalue weighted by Crippen LogP contribution is 2.52. The van der Waals surface area contributed by atoms with Crippen molar-refractivity contribution < 1.29 is 0 Å². The van der Waals surface area contributed by atoms with Crippen molar-refractivity contribution in [1.29, 1.82) is 0 Å². The van der Waals surface area contributed by atoms with Crippen molar-refractivity contribution in [3.05, 3.63) is 48.5 Å². The average molecular weight is 2010 g/mol. The minimum absolute atomic E-state index is 0.740. The first-order valence-corrected chi connectivity index (χ1v) is 65.8. The Morgan fingerprint density at radius 2 is 0.272 bits per heavy atom. The number of nitrogens with zero attached hydrogens (tertiary/aromatic N) is 6. The van der Waals surface area contributed by atoms with Gasteiger partial charge in [0, 0.05) is 83.0 Å². The van der Waals surface area contributed by atoms with E-state index in [1.165, 1.54) is 523 Å². The fourth-order valence-corrected chi connectivity index (χ4v) is 28.4. The quantitative estimate of drug-likeness (QED) is 0.0279.